The molecule has 2 N–H and O–H groups in total. The van der Waals surface area contributed by atoms with Crippen LogP contribution < -0.4 is 10.6 Å². The molecule has 19 heavy (non-hydrogen) atoms. The van der Waals surface area contributed by atoms with Gasteiger partial charge in [-0.3, -0.25) is 0 Å². The molecule has 0 aliphatic rings. The molecule has 0 spiro atoms. The minimum absolute atomic E-state index is 0.159. The topological polar surface area (TPSA) is 41.1 Å². The van der Waals surface area contributed by atoms with Crippen molar-refractivity contribution in [1.82, 2.24) is 5.32 Å². The fraction of sp³-hybridized carbons (Fsp3) is 0.0714. The predicted molar refractivity (Wildman–Crippen MR) is 76.4 cm³/mol. The lowest BCUT2D eigenvalue weighted by Gasteiger charge is -2.09. The number of amides is 2. The Morgan fingerprint density at radius 3 is 2.53 bits per heavy atom. The van der Waals surface area contributed by atoms with Crippen molar-refractivity contribution in [1.29, 1.82) is 0 Å². The Balaban J connectivity index is 1.92. The highest BCUT2D eigenvalue weighted by atomic mass is 79.9. The number of carbonyl (C=O) groups is 1. The van der Waals surface area contributed by atoms with Gasteiger partial charge in [0.15, 0.2) is 0 Å². The number of carbonyl (C=O) groups excluding carboxylic acids is 1. The number of para-hydroxylation sites is 1. The first kappa shape index (κ1) is 13.5. The molecule has 0 aliphatic heterocycles. The molecular formula is C14H12BrFN2O. The summed E-state index contributed by atoms with van der Waals surface area (Å²) in [5.74, 6) is -0.460. The van der Waals surface area contributed by atoms with Crippen LogP contribution in [0.4, 0.5) is 14.9 Å². The Hall–Kier alpha value is -1.88. The van der Waals surface area contributed by atoms with E-state index in [-0.39, 0.29) is 5.69 Å². The highest BCUT2D eigenvalue weighted by Crippen LogP contribution is 2.15. The average Bonchev–Trinajstić information content (AvgIpc) is 2.40. The zero-order chi connectivity index (χ0) is 13.7. The Labute approximate surface area is 119 Å². The van der Waals surface area contributed by atoms with E-state index in [9.17, 15) is 9.18 Å². The molecule has 0 aliphatic carbocycles. The van der Waals surface area contributed by atoms with Crippen molar-refractivity contribution in [2.75, 3.05) is 5.32 Å². The van der Waals surface area contributed by atoms with Gasteiger partial charge in [0.1, 0.15) is 5.82 Å². The van der Waals surface area contributed by atoms with Crippen molar-refractivity contribution in [3.05, 3.63) is 64.4 Å². The molecule has 0 saturated carbocycles. The number of halogens is 2. The van der Waals surface area contributed by atoms with Crippen molar-refractivity contribution in [3.63, 3.8) is 0 Å². The molecule has 0 fully saturated rings. The summed E-state index contributed by atoms with van der Waals surface area (Å²) in [4.78, 5) is 11.6. The van der Waals surface area contributed by atoms with E-state index >= 15 is 0 Å². The third-order valence-corrected chi connectivity index (χ3v) is 3.29. The molecule has 0 saturated heterocycles. The van der Waals surface area contributed by atoms with Crippen LogP contribution in [0, 0.1) is 5.82 Å². The maximum Gasteiger partial charge on any atom is 0.319 e. The van der Waals surface area contributed by atoms with Crippen LogP contribution >= 0.6 is 15.9 Å². The molecule has 0 aromatic heterocycles. The van der Waals surface area contributed by atoms with Crippen molar-refractivity contribution in [2.24, 2.45) is 0 Å². The Bertz CT molecular complexity index is 589. The van der Waals surface area contributed by atoms with Crippen molar-refractivity contribution in [3.8, 4) is 0 Å². The number of benzene rings is 2. The summed E-state index contributed by atoms with van der Waals surface area (Å²) in [5, 5.41) is 5.13. The smallest absolute Gasteiger partial charge is 0.319 e. The molecule has 5 heteroatoms. The van der Waals surface area contributed by atoms with Gasteiger partial charge in [-0.25, -0.2) is 9.18 Å². The highest BCUT2D eigenvalue weighted by Gasteiger charge is 2.06. The number of urea groups is 1. The summed E-state index contributed by atoms with van der Waals surface area (Å²) >= 11 is 3.39. The monoisotopic (exact) mass is 322 g/mol. The lowest BCUT2D eigenvalue weighted by atomic mass is 10.2. The second-order valence-corrected chi connectivity index (χ2v) is 4.73. The lowest BCUT2D eigenvalue weighted by molar-refractivity contribution is 0.251. The molecule has 3 nitrogen and oxygen atoms in total. The minimum Gasteiger partial charge on any atom is -0.334 e. The lowest BCUT2D eigenvalue weighted by Crippen LogP contribution is -2.28. The van der Waals surface area contributed by atoms with E-state index in [1.54, 1.807) is 12.1 Å². The molecule has 2 aromatic carbocycles. The second-order valence-electron chi connectivity index (χ2n) is 3.88. The number of anilines is 1. The first-order valence-electron chi connectivity index (χ1n) is 5.69. The van der Waals surface area contributed by atoms with Crippen LogP contribution in [0.15, 0.2) is 53.0 Å². The Kier molecular flexibility index (Phi) is 4.52. The molecule has 2 aromatic rings. The van der Waals surface area contributed by atoms with Crippen LogP contribution in [0.1, 0.15) is 5.56 Å². The quantitative estimate of drug-likeness (QED) is 0.883. The molecule has 0 unspecified atom stereocenters. The SMILES string of the molecule is O=C(NCc1ccccc1Br)Nc1ccccc1F. The van der Waals surface area contributed by atoms with Crippen LogP contribution in [0.2, 0.25) is 0 Å². The van der Waals surface area contributed by atoms with E-state index < -0.39 is 11.8 Å². The largest absolute Gasteiger partial charge is 0.334 e. The summed E-state index contributed by atoms with van der Waals surface area (Å²) < 4.78 is 14.2. The Morgan fingerprint density at radius 2 is 1.79 bits per heavy atom. The molecule has 0 bridgehead atoms. The molecular weight excluding hydrogens is 311 g/mol. The molecule has 2 amide bonds. The summed E-state index contributed by atoms with van der Waals surface area (Å²) in [6, 6.07) is 13.2. The molecule has 0 heterocycles. The maximum atomic E-state index is 13.3. The third-order valence-electron chi connectivity index (χ3n) is 2.52. The van der Waals surface area contributed by atoms with Crippen LogP contribution in [-0.2, 0) is 6.54 Å². The highest BCUT2D eigenvalue weighted by molar-refractivity contribution is 9.10. The van der Waals surface area contributed by atoms with Gasteiger partial charge in [-0.1, -0.05) is 46.3 Å². The Morgan fingerprint density at radius 1 is 1.11 bits per heavy atom. The van der Waals surface area contributed by atoms with Gasteiger partial charge < -0.3 is 10.6 Å². The summed E-state index contributed by atoms with van der Waals surface area (Å²) in [6.07, 6.45) is 0. The minimum atomic E-state index is -0.460. The van der Waals surface area contributed by atoms with Crippen molar-refractivity contribution >= 4 is 27.6 Å². The third kappa shape index (κ3) is 3.79. The van der Waals surface area contributed by atoms with E-state index in [2.05, 4.69) is 26.6 Å². The summed E-state index contributed by atoms with van der Waals surface area (Å²) in [5.41, 5.74) is 1.11. The molecule has 0 atom stereocenters. The van der Waals surface area contributed by atoms with Gasteiger partial charge in [0.2, 0.25) is 0 Å². The van der Waals surface area contributed by atoms with E-state index in [1.807, 2.05) is 24.3 Å². The zero-order valence-electron chi connectivity index (χ0n) is 9.99. The predicted octanol–water partition coefficient (Wildman–Crippen LogP) is 3.91. The van der Waals surface area contributed by atoms with Gasteiger partial charge >= 0.3 is 6.03 Å². The fourth-order valence-electron chi connectivity index (χ4n) is 1.55. The maximum absolute atomic E-state index is 13.3. The van der Waals surface area contributed by atoms with Crippen LogP contribution in [0.3, 0.4) is 0 Å². The van der Waals surface area contributed by atoms with Gasteiger partial charge in [-0.05, 0) is 23.8 Å². The normalized spacial score (nSPS) is 10.0. The van der Waals surface area contributed by atoms with Gasteiger partial charge in [-0.2, -0.15) is 0 Å². The van der Waals surface area contributed by atoms with Crippen molar-refractivity contribution < 1.29 is 9.18 Å². The number of nitrogens with one attached hydrogen (secondary N) is 2. The molecule has 0 radical (unpaired) electrons. The van der Waals surface area contributed by atoms with Gasteiger partial charge in [-0.15, -0.1) is 0 Å². The summed E-state index contributed by atoms with van der Waals surface area (Å²) in [6.45, 7) is 0.363. The number of hydrogen-bond acceptors (Lipinski definition) is 1. The summed E-state index contributed by atoms with van der Waals surface area (Å²) in [7, 11) is 0. The van der Waals surface area contributed by atoms with Crippen LogP contribution in [0.25, 0.3) is 0 Å². The standard InChI is InChI=1S/C14H12BrFN2O/c15-11-6-2-1-5-10(11)9-17-14(19)18-13-8-4-3-7-12(13)16/h1-8H,9H2,(H2,17,18,19). The first-order valence-corrected chi connectivity index (χ1v) is 6.49. The van der Waals surface area contributed by atoms with Crippen molar-refractivity contribution in [2.45, 2.75) is 6.54 Å². The van der Waals surface area contributed by atoms with E-state index in [0.717, 1.165) is 10.0 Å². The van der Waals surface area contributed by atoms with E-state index in [1.165, 1.54) is 12.1 Å². The number of hydrogen-bond donors (Lipinski definition) is 2. The van der Waals surface area contributed by atoms with Crippen LogP contribution in [-0.4, -0.2) is 6.03 Å². The van der Waals surface area contributed by atoms with Gasteiger partial charge in [0, 0.05) is 11.0 Å². The van der Waals surface area contributed by atoms with Gasteiger partial charge in [0.25, 0.3) is 0 Å². The van der Waals surface area contributed by atoms with Crippen LogP contribution in [0.5, 0.6) is 0 Å². The van der Waals surface area contributed by atoms with E-state index in [4.69, 9.17) is 0 Å². The average molecular weight is 323 g/mol. The zero-order valence-corrected chi connectivity index (χ0v) is 11.6. The van der Waals surface area contributed by atoms with Gasteiger partial charge in [0.05, 0.1) is 5.69 Å². The second kappa shape index (κ2) is 6.33. The molecule has 2 rings (SSSR count). The fourth-order valence-corrected chi connectivity index (χ4v) is 1.97. The molecule has 98 valence electrons. The first-order chi connectivity index (χ1) is 9.16. The van der Waals surface area contributed by atoms with E-state index in [0.29, 0.717) is 6.54 Å². The number of rotatable bonds is 3.